The van der Waals surface area contributed by atoms with Crippen molar-refractivity contribution in [3.63, 3.8) is 0 Å². The number of para-hydroxylation sites is 1. The lowest BCUT2D eigenvalue weighted by atomic mass is 10.2. The number of benzene rings is 2. The number of amides is 1. The molecule has 5 heteroatoms. The lowest BCUT2D eigenvalue weighted by molar-refractivity contribution is -0.149. The van der Waals surface area contributed by atoms with Gasteiger partial charge in [-0.25, -0.2) is 4.79 Å². The van der Waals surface area contributed by atoms with Gasteiger partial charge in [0.15, 0.2) is 6.10 Å². The first-order valence-electron chi connectivity index (χ1n) is 8.08. The van der Waals surface area contributed by atoms with Crippen LogP contribution in [0.3, 0.4) is 0 Å². The zero-order valence-corrected chi connectivity index (χ0v) is 15.4. The van der Waals surface area contributed by atoms with Crippen molar-refractivity contribution in [1.82, 2.24) is 0 Å². The zero-order chi connectivity index (χ0) is 17.8. The van der Waals surface area contributed by atoms with Gasteiger partial charge in [-0.2, -0.15) is 0 Å². The molecule has 0 radical (unpaired) electrons. The second-order valence-electron chi connectivity index (χ2n) is 5.83. The smallest absolute Gasteiger partial charge is 0.331 e. The predicted octanol–water partition coefficient (Wildman–Crippen LogP) is 3.98. The Morgan fingerprint density at radius 3 is 2.64 bits per heavy atom. The Morgan fingerprint density at radius 2 is 1.88 bits per heavy atom. The zero-order valence-electron chi connectivity index (χ0n) is 13.8. The fourth-order valence-electron chi connectivity index (χ4n) is 2.79. The quantitative estimate of drug-likeness (QED) is 0.576. The SMILES string of the molecule is CC(OC(=O)/C=C/c1ccc(Br)cc1)C(=O)N1CCc2ccccc21. The van der Waals surface area contributed by atoms with E-state index in [0.717, 1.165) is 27.7 Å². The van der Waals surface area contributed by atoms with Gasteiger partial charge in [0.25, 0.3) is 5.91 Å². The standard InChI is InChI=1S/C20H18BrNO3/c1-14(20(24)22-13-12-16-4-2-3-5-18(16)22)25-19(23)11-8-15-6-9-17(21)10-7-15/h2-11,14H,12-13H2,1H3/b11-8+. The summed E-state index contributed by atoms with van der Waals surface area (Å²) in [6.45, 7) is 2.23. The van der Waals surface area contributed by atoms with Crippen molar-refractivity contribution >= 4 is 39.6 Å². The molecule has 2 aromatic rings. The van der Waals surface area contributed by atoms with Crippen LogP contribution in [0.5, 0.6) is 0 Å². The number of nitrogens with zero attached hydrogens (tertiary/aromatic N) is 1. The van der Waals surface area contributed by atoms with Gasteiger partial charge in [0.05, 0.1) is 0 Å². The van der Waals surface area contributed by atoms with Gasteiger partial charge in [-0.1, -0.05) is 46.3 Å². The highest BCUT2D eigenvalue weighted by Crippen LogP contribution is 2.28. The minimum Gasteiger partial charge on any atom is -0.449 e. The van der Waals surface area contributed by atoms with Crippen LogP contribution in [0.1, 0.15) is 18.1 Å². The Hall–Kier alpha value is -2.40. The number of hydrogen-bond donors (Lipinski definition) is 0. The van der Waals surface area contributed by atoms with Crippen LogP contribution in [-0.2, 0) is 20.7 Å². The van der Waals surface area contributed by atoms with E-state index in [9.17, 15) is 9.59 Å². The fraction of sp³-hybridized carbons (Fsp3) is 0.200. The maximum atomic E-state index is 12.6. The second-order valence-corrected chi connectivity index (χ2v) is 6.75. The number of ether oxygens (including phenoxy) is 1. The molecule has 1 atom stereocenters. The number of halogens is 1. The third-order valence-electron chi connectivity index (χ3n) is 4.08. The van der Waals surface area contributed by atoms with Crippen LogP contribution in [0.2, 0.25) is 0 Å². The van der Waals surface area contributed by atoms with E-state index < -0.39 is 12.1 Å². The maximum absolute atomic E-state index is 12.6. The number of carbonyl (C=O) groups excluding carboxylic acids is 2. The third-order valence-corrected chi connectivity index (χ3v) is 4.60. The average Bonchev–Trinajstić information content (AvgIpc) is 3.04. The maximum Gasteiger partial charge on any atom is 0.331 e. The van der Waals surface area contributed by atoms with Crippen LogP contribution in [0.25, 0.3) is 6.08 Å². The minimum atomic E-state index is -0.826. The van der Waals surface area contributed by atoms with E-state index in [4.69, 9.17) is 4.74 Å². The molecule has 1 aliphatic heterocycles. The largest absolute Gasteiger partial charge is 0.449 e. The molecule has 0 spiro atoms. The van der Waals surface area contributed by atoms with Crippen LogP contribution in [0, 0.1) is 0 Å². The van der Waals surface area contributed by atoms with Crippen molar-refractivity contribution in [3.8, 4) is 0 Å². The average molecular weight is 400 g/mol. The predicted molar refractivity (Wildman–Crippen MR) is 101 cm³/mol. The topological polar surface area (TPSA) is 46.6 Å². The van der Waals surface area contributed by atoms with Crippen LogP contribution >= 0.6 is 15.9 Å². The Labute approximate surface area is 155 Å². The van der Waals surface area contributed by atoms with E-state index in [1.165, 1.54) is 6.08 Å². The molecule has 0 saturated carbocycles. The van der Waals surface area contributed by atoms with Crippen molar-refractivity contribution in [1.29, 1.82) is 0 Å². The van der Waals surface area contributed by atoms with Gasteiger partial charge in [-0.3, -0.25) is 4.79 Å². The first-order chi connectivity index (χ1) is 12.0. The molecule has 0 bridgehead atoms. The van der Waals surface area contributed by atoms with Crippen LogP contribution in [-0.4, -0.2) is 24.5 Å². The highest BCUT2D eigenvalue weighted by Gasteiger charge is 2.29. The van der Waals surface area contributed by atoms with Crippen molar-refractivity contribution in [2.24, 2.45) is 0 Å². The van der Waals surface area contributed by atoms with E-state index in [2.05, 4.69) is 15.9 Å². The fourth-order valence-corrected chi connectivity index (χ4v) is 3.05. The highest BCUT2D eigenvalue weighted by atomic mass is 79.9. The van der Waals surface area contributed by atoms with E-state index in [1.807, 2.05) is 48.5 Å². The summed E-state index contributed by atoms with van der Waals surface area (Å²) in [5.41, 5.74) is 2.93. The van der Waals surface area contributed by atoms with Gasteiger partial charge >= 0.3 is 5.97 Å². The summed E-state index contributed by atoms with van der Waals surface area (Å²) in [5.74, 6) is -0.730. The van der Waals surface area contributed by atoms with Crippen LogP contribution in [0.4, 0.5) is 5.69 Å². The van der Waals surface area contributed by atoms with Gasteiger partial charge in [-0.05, 0) is 48.7 Å². The summed E-state index contributed by atoms with van der Waals surface area (Å²) in [5, 5.41) is 0. The summed E-state index contributed by atoms with van der Waals surface area (Å²) < 4.78 is 6.23. The van der Waals surface area contributed by atoms with E-state index >= 15 is 0 Å². The number of rotatable bonds is 4. The monoisotopic (exact) mass is 399 g/mol. The molecule has 3 rings (SSSR count). The highest BCUT2D eigenvalue weighted by molar-refractivity contribution is 9.10. The van der Waals surface area contributed by atoms with E-state index in [1.54, 1.807) is 17.9 Å². The Morgan fingerprint density at radius 1 is 1.16 bits per heavy atom. The van der Waals surface area contributed by atoms with Crippen LogP contribution < -0.4 is 4.90 Å². The molecule has 1 aliphatic rings. The number of carbonyl (C=O) groups is 2. The minimum absolute atomic E-state index is 0.199. The number of fused-ring (bicyclic) bond motifs is 1. The molecule has 1 amide bonds. The van der Waals surface area contributed by atoms with Gasteiger partial charge in [0.1, 0.15) is 0 Å². The summed E-state index contributed by atoms with van der Waals surface area (Å²) >= 11 is 3.36. The summed E-state index contributed by atoms with van der Waals surface area (Å²) in [6.07, 6.45) is 3.00. The summed E-state index contributed by atoms with van der Waals surface area (Å²) in [7, 11) is 0. The molecule has 0 aliphatic carbocycles. The molecule has 4 nitrogen and oxygen atoms in total. The normalized spacial score (nSPS) is 14.4. The molecular formula is C20H18BrNO3. The Kier molecular flexibility index (Phi) is 5.34. The van der Waals surface area contributed by atoms with Gasteiger partial charge in [0, 0.05) is 22.8 Å². The summed E-state index contributed by atoms with van der Waals surface area (Å²) in [6, 6.07) is 15.3. The van der Waals surface area contributed by atoms with Gasteiger partial charge < -0.3 is 9.64 Å². The number of anilines is 1. The molecule has 0 fully saturated rings. The van der Waals surface area contributed by atoms with Crippen LogP contribution in [0.15, 0.2) is 59.1 Å². The molecule has 0 saturated heterocycles. The molecule has 128 valence electrons. The molecule has 1 unspecified atom stereocenters. The van der Waals surface area contributed by atoms with E-state index in [0.29, 0.717) is 6.54 Å². The van der Waals surface area contributed by atoms with Crippen molar-refractivity contribution < 1.29 is 14.3 Å². The Bertz CT molecular complexity index is 814. The third kappa shape index (κ3) is 4.17. The molecule has 1 heterocycles. The molecule has 25 heavy (non-hydrogen) atoms. The van der Waals surface area contributed by atoms with Crippen molar-refractivity contribution in [3.05, 3.63) is 70.2 Å². The molecule has 0 N–H and O–H groups in total. The molecule has 0 aromatic heterocycles. The molecule has 2 aromatic carbocycles. The van der Waals surface area contributed by atoms with Crippen molar-refractivity contribution in [2.45, 2.75) is 19.4 Å². The first kappa shape index (κ1) is 17.4. The number of hydrogen-bond acceptors (Lipinski definition) is 3. The number of esters is 1. The molecular weight excluding hydrogens is 382 g/mol. The lowest BCUT2D eigenvalue weighted by Gasteiger charge is -2.21. The summed E-state index contributed by atoms with van der Waals surface area (Å²) in [4.78, 5) is 26.2. The van der Waals surface area contributed by atoms with E-state index in [-0.39, 0.29) is 5.91 Å². The van der Waals surface area contributed by atoms with Crippen molar-refractivity contribution in [2.75, 3.05) is 11.4 Å². The lowest BCUT2D eigenvalue weighted by Crippen LogP contribution is -2.38. The Balaban J connectivity index is 1.60. The van der Waals surface area contributed by atoms with Gasteiger partial charge in [0.2, 0.25) is 0 Å². The van der Waals surface area contributed by atoms with Gasteiger partial charge in [-0.15, -0.1) is 0 Å². The second kappa shape index (κ2) is 7.66. The first-order valence-corrected chi connectivity index (χ1v) is 8.87.